The van der Waals surface area contributed by atoms with Crippen LogP contribution in [0.3, 0.4) is 0 Å². The van der Waals surface area contributed by atoms with Crippen LogP contribution in [0.5, 0.6) is 0 Å². The van der Waals surface area contributed by atoms with E-state index >= 15 is 0 Å². The Morgan fingerprint density at radius 2 is 2.21 bits per heavy atom. The van der Waals surface area contributed by atoms with Crippen LogP contribution in [0.2, 0.25) is 0 Å². The molecule has 0 aliphatic heterocycles. The molecule has 0 saturated heterocycles. The van der Waals surface area contributed by atoms with Gasteiger partial charge in [0.15, 0.2) is 0 Å². The maximum atomic E-state index is 12.8. The highest BCUT2D eigenvalue weighted by atomic mass is 19.1. The molecule has 0 spiro atoms. The van der Waals surface area contributed by atoms with E-state index in [0.29, 0.717) is 12.8 Å². The Bertz CT molecular complexity index is 307. The third-order valence-corrected chi connectivity index (χ3v) is 2.10. The van der Waals surface area contributed by atoms with Crippen LogP contribution in [0.25, 0.3) is 0 Å². The summed E-state index contributed by atoms with van der Waals surface area (Å²) in [5.74, 6) is -0.0803. The lowest BCUT2D eigenvalue weighted by atomic mass is 10.1. The third-order valence-electron chi connectivity index (χ3n) is 2.10. The highest BCUT2D eigenvalue weighted by Crippen LogP contribution is 2.07. The van der Waals surface area contributed by atoms with Gasteiger partial charge in [-0.1, -0.05) is 25.5 Å². The molecular formula is C12H15FO. The van der Waals surface area contributed by atoms with E-state index in [9.17, 15) is 9.18 Å². The van der Waals surface area contributed by atoms with Crippen LogP contribution in [0.4, 0.5) is 4.39 Å². The molecule has 0 N–H and O–H groups in total. The minimum absolute atomic E-state index is 0.192. The fourth-order valence-corrected chi connectivity index (χ4v) is 1.34. The predicted molar refractivity (Wildman–Crippen MR) is 54.6 cm³/mol. The van der Waals surface area contributed by atoms with Gasteiger partial charge in [-0.15, -0.1) is 0 Å². The molecule has 0 atom stereocenters. The smallest absolute Gasteiger partial charge is 0.137 e. The van der Waals surface area contributed by atoms with Gasteiger partial charge in [0, 0.05) is 12.8 Å². The zero-order valence-corrected chi connectivity index (χ0v) is 8.42. The Kier molecular flexibility index (Phi) is 4.30. The summed E-state index contributed by atoms with van der Waals surface area (Å²) in [7, 11) is 0. The second-order valence-corrected chi connectivity index (χ2v) is 3.45. The van der Waals surface area contributed by atoms with E-state index < -0.39 is 0 Å². The third kappa shape index (κ3) is 3.69. The number of carbonyl (C=O) groups is 1. The van der Waals surface area contributed by atoms with Crippen molar-refractivity contribution in [1.29, 1.82) is 0 Å². The Hall–Kier alpha value is -1.18. The number of benzene rings is 1. The Balaban J connectivity index is 2.47. The van der Waals surface area contributed by atoms with Crippen molar-refractivity contribution in [3.8, 4) is 0 Å². The molecule has 0 fully saturated rings. The molecule has 0 unspecified atom stereocenters. The summed E-state index contributed by atoms with van der Waals surface area (Å²) >= 11 is 0. The molecule has 0 aliphatic rings. The zero-order chi connectivity index (χ0) is 10.4. The second-order valence-electron chi connectivity index (χ2n) is 3.45. The molecule has 76 valence electrons. The summed E-state index contributed by atoms with van der Waals surface area (Å²) < 4.78 is 12.8. The van der Waals surface area contributed by atoms with Crippen LogP contribution in [-0.4, -0.2) is 5.78 Å². The summed E-state index contributed by atoms with van der Waals surface area (Å²) in [5, 5.41) is 0. The van der Waals surface area contributed by atoms with Crippen molar-refractivity contribution in [3.05, 3.63) is 35.6 Å². The molecule has 0 bridgehead atoms. The topological polar surface area (TPSA) is 17.1 Å². The number of unbranched alkanes of at least 4 members (excludes halogenated alkanes) is 1. The second kappa shape index (κ2) is 5.53. The average Bonchev–Trinajstić information content (AvgIpc) is 2.15. The number of carbonyl (C=O) groups excluding carboxylic acids is 1. The van der Waals surface area contributed by atoms with E-state index in [1.54, 1.807) is 12.1 Å². The highest BCUT2D eigenvalue weighted by molar-refractivity contribution is 5.80. The van der Waals surface area contributed by atoms with Crippen LogP contribution >= 0.6 is 0 Å². The van der Waals surface area contributed by atoms with Crippen molar-refractivity contribution in [2.24, 2.45) is 0 Å². The summed E-state index contributed by atoms with van der Waals surface area (Å²) in [6.45, 7) is 2.05. The fraction of sp³-hybridized carbons (Fsp3) is 0.417. The number of hydrogen-bond acceptors (Lipinski definition) is 1. The molecule has 0 amide bonds. The van der Waals surface area contributed by atoms with Gasteiger partial charge < -0.3 is 0 Å². The van der Waals surface area contributed by atoms with Crippen LogP contribution in [0.15, 0.2) is 24.3 Å². The lowest BCUT2D eigenvalue weighted by Crippen LogP contribution is -2.02. The summed E-state index contributed by atoms with van der Waals surface area (Å²) in [6.07, 6.45) is 2.91. The first-order chi connectivity index (χ1) is 6.72. The summed E-state index contributed by atoms with van der Waals surface area (Å²) in [6, 6.07) is 6.23. The SMILES string of the molecule is CCCCC(=O)Cc1cccc(F)c1. The molecule has 0 aromatic heterocycles. The number of Topliss-reactive ketones (excluding diaryl/α,β-unsaturated/α-hetero) is 1. The van der Waals surface area contributed by atoms with Gasteiger partial charge >= 0.3 is 0 Å². The van der Waals surface area contributed by atoms with Gasteiger partial charge in [0.25, 0.3) is 0 Å². The Morgan fingerprint density at radius 3 is 2.86 bits per heavy atom. The molecule has 0 heterocycles. The van der Waals surface area contributed by atoms with Crippen LogP contribution in [0.1, 0.15) is 31.7 Å². The quantitative estimate of drug-likeness (QED) is 0.703. The first-order valence-electron chi connectivity index (χ1n) is 4.98. The predicted octanol–water partition coefficient (Wildman–Crippen LogP) is 3.13. The van der Waals surface area contributed by atoms with Crippen LogP contribution < -0.4 is 0 Å². The minimum atomic E-state index is -0.272. The first-order valence-corrected chi connectivity index (χ1v) is 4.98. The van der Waals surface area contributed by atoms with E-state index in [1.165, 1.54) is 12.1 Å². The van der Waals surface area contributed by atoms with Gasteiger partial charge in [0.05, 0.1) is 0 Å². The molecule has 0 aliphatic carbocycles. The van der Waals surface area contributed by atoms with Gasteiger partial charge in [-0.3, -0.25) is 4.79 Å². The molecule has 1 aromatic rings. The van der Waals surface area contributed by atoms with Gasteiger partial charge in [-0.05, 0) is 24.1 Å². The standard InChI is InChI=1S/C12H15FO/c1-2-3-7-12(14)9-10-5-4-6-11(13)8-10/h4-6,8H,2-3,7,9H2,1H3. The largest absolute Gasteiger partial charge is 0.299 e. The number of rotatable bonds is 5. The molecule has 1 nitrogen and oxygen atoms in total. The van der Waals surface area contributed by atoms with Gasteiger partial charge in [0.1, 0.15) is 11.6 Å². The zero-order valence-electron chi connectivity index (χ0n) is 8.42. The van der Waals surface area contributed by atoms with Crippen molar-refractivity contribution in [3.63, 3.8) is 0 Å². The normalized spacial score (nSPS) is 10.1. The van der Waals surface area contributed by atoms with Crippen molar-refractivity contribution in [2.45, 2.75) is 32.6 Å². The summed E-state index contributed by atoms with van der Waals surface area (Å²) in [4.78, 5) is 11.4. The molecule has 1 rings (SSSR count). The van der Waals surface area contributed by atoms with Crippen LogP contribution in [0, 0.1) is 5.82 Å². The number of halogens is 1. The number of ketones is 1. The van der Waals surface area contributed by atoms with E-state index in [1.807, 2.05) is 0 Å². The molecule has 1 aromatic carbocycles. The van der Waals surface area contributed by atoms with E-state index in [0.717, 1.165) is 18.4 Å². The Labute approximate surface area is 83.9 Å². The molecular weight excluding hydrogens is 179 g/mol. The maximum Gasteiger partial charge on any atom is 0.137 e. The Morgan fingerprint density at radius 1 is 1.43 bits per heavy atom. The monoisotopic (exact) mass is 194 g/mol. The molecule has 14 heavy (non-hydrogen) atoms. The molecule has 0 saturated carbocycles. The fourth-order valence-electron chi connectivity index (χ4n) is 1.34. The van der Waals surface area contributed by atoms with Gasteiger partial charge in [-0.25, -0.2) is 4.39 Å². The highest BCUT2D eigenvalue weighted by Gasteiger charge is 2.03. The number of hydrogen-bond donors (Lipinski definition) is 0. The van der Waals surface area contributed by atoms with Crippen LogP contribution in [-0.2, 0) is 11.2 Å². The van der Waals surface area contributed by atoms with Crippen molar-refractivity contribution >= 4 is 5.78 Å². The average molecular weight is 194 g/mol. The summed E-state index contributed by atoms with van der Waals surface area (Å²) in [5.41, 5.74) is 0.770. The van der Waals surface area contributed by atoms with Crippen molar-refractivity contribution < 1.29 is 9.18 Å². The minimum Gasteiger partial charge on any atom is -0.299 e. The van der Waals surface area contributed by atoms with E-state index in [-0.39, 0.29) is 11.6 Å². The van der Waals surface area contributed by atoms with E-state index in [2.05, 4.69) is 6.92 Å². The van der Waals surface area contributed by atoms with Crippen molar-refractivity contribution in [2.75, 3.05) is 0 Å². The lowest BCUT2D eigenvalue weighted by Gasteiger charge is -2.00. The first kappa shape index (κ1) is 10.9. The maximum absolute atomic E-state index is 12.8. The molecule has 0 radical (unpaired) electrons. The van der Waals surface area contributed by atoms with Crippen molar-refractivity contribution in [1.82, 2.24) is 0 Å². The van der Waals surface area contributed by atoms with Gasteiger partial charge in [0.2, 0.25) is 0 Å². The van der Waals surface area contributed by atoms with Gasteiger partial charge in [-0.2, -0.15) is 0 Å². The van der Waals surface area contributed by atoms with E-state index in [4.69, 9.17) is 0 Å². The molecule has 2 heteroatoms. The lowest BCUT2D eigenvalue weighted by molar-refractivity contribution is -0.118.